The number of aromatic nitrogens is 2. The van der Waals surface area contributed by atoms with Crippen LogP contribution in [-0.4, -0.2) is 15.6 Å². The summed E-state index contributed by atoms with van der Waals surface area (Å²) in [6.45, 7) is 2.05. The topological polar surface area (TPSA) is 29.9 Å². The van der Waals surface area contributed by atoms with Gasteiger partial charge in [-0.3, -0.25) is 4.57 Å². The minimum absolute atomic E-state index is 0.586. The van der Waals surface area contributed by atoms with Crippen molar-refractivity contribution in [2.75, 3.05) is 5.32 Å². The molecule has 0 saturated heterocycles. The van der Waals surface area contributed by atoms with Gasteiger partial charge in [-0.1, -0.05) is 18.9 Å². The summed E-state index contributed by atoms with van der Waals surface area (Å²) in [5.74, 6) is 0.978. The summed E-state index contributed by atoms with van der Waals surface area (Å²) in [7, 11) is 0. The molecule has 3 nitrogen and oxygen atoms in total. The minimum Gasteiger partial charge on any atom is -0.353 e. The quantitative estimate of drug-likeness (QED) is 0.827. The molecule has 0 atom stereocenters. The zero-order chi connectivity index (χ0) is 13.2. The van der Waals surface area contributed by atoms with E-state index >= 15 is 0 Å². The van der Waals surface area contributed by atoms with Crippen LogP contribution in [0.5, 0.6) is 0 Å². The lowest BCUT2D eigenvalue weighted by molar-refractivity contribution is 0.740. The lowest BCUT2D eigenvalue weighted by atomic mass is 10.2. The fourth-order valence-electron chi connectivity index (χ4n) is 2.68. The highest BCUT2D eigenvalue weighted by Crippen LogP contribution is 2.24. The summed E-state index contributed by atoms with van der Waals surface area (Å²) in [6, 6.07) is 9.09. The van der Waals surface area contributed by atoms with E-state index in [0.29, 0.717) is 6.04 Å². The zero-order valence-corrected chi connectivity index (χ0v) is 13.2. The molecule has 4 heteroatoms. The number of rotatable bonds is 3. The van der Waals surface area contributed by atoms with E-state index in [-0.39, 0.29) is 0 Å². The third kappa shape index (κ3) is 2.94. The Morgan fingerprint density at radius 2 is 2.11 bits per heavy atom. The number of hydrogen-bond donors (Lipinski definition) is 1. The molecule has 1 aliphatic carbocycles. The summed E-state index contributed by atoms with van der Waals surface area (Å²) in [5.41, 5.74) is 2.23. The molecule has 0 bridgehead atoms. The van der Waals surface area contributed by atoms with Gasteiger partial charge in [-0.05, 0) is 60.6 Å². The number of hydrogen-bond acceptors (Lipinski definition) is 2. The van der Waals surface area contributed by atoms with Crippen LogP contribution in [0.4, 0.5) is 5.95 Å². The standard InChI is InChI=1S/C15H18IN3/c1-11-10-19(14-8-4-5-12(16)9-14)15(17-11)18-13-6-2-3-7-13/h4-5,8-10,13H,2-3,6-7H2,1H3,(H,17,18). The van der Waals surface area contributed by atoms with Crippen molar-refractivity contribution in [3.8, 4) is 5.69 Å². The third-order valence-electron chi connectivity index (χ3n) is 3.60. The average molecular weight is 367 g/mol. The first kappa shape index (κ1) is 13.0. The predicted octanol–water partition coefficient (Wildman–Crippen LogP) is 4.14. The van der Waals surface area contributed by atoms with Gasteiger partial charge in [-0.25, -0.2) is 4.98 Å². The van der Waals surface area contributed by atoms with Crippen molar-refractivity contribution in [1.29, 1.82) is 0 Å². The molecule has 1 saturated carbocycles. The van der Waals surface area contributed by atoms with Gasteiger partial charge >= 0.3 is 0 Å². The number of benzene rings is 1. The van der Waals surface area contributed by atoms with Crippen LogP contribution in [0.25, 0.3) is 5.69 Å². The maximum atomic E-state index is 4.63. The van der Waals surface area contributed by atoms with Crippen molar-refractivity contribution in [2.24, 2.45) is 0 Å². The molecule has 0 radical (unpaired) electrons. The van der Waals surface area contributed by atoms with E-state index in [2.05, 4.69) is 67.9 Å². The van der Waals surface area contributed by atoms with Crippen molar-refractivity contribution >= 4 is 28.5 Å². The third-order valence-corrected chi connectivity index (χ3v) is 4.27. The first-order valence-electron chi connectivity index (χ1n) is 6.81. The summed E-state index contributed by atoms with van der Waals surface area (Å²) >= 11 is 2.35. The minimum atomic E-state index is 0.586. The van der Waals surface area contributed by atoms with Gasteiger partial charge in [0.05, 0.1) is 5.69 Å². The fourth-order valence-corrected chi connectivity index (χ4v) is 3.20. The van der Waals surface area contributed by atoms with Crippen molar-refractivity contribution in [2.45, 2.75) is 38.6 Å². The molecule has 1 fully saturated rings. The van der Waals surface area contributed by atoms with Crippen molar-refractivity contribution in [1.82, 2.24) is 9.55 Å². The molecule has 1 aromatic carbocycles. The van der Waals surface area contributed by atoms with Gasteiger partial charge in [-0.2, -0.15) is 0 Å². The molecule has 0 aliphatic heterocycles. The van der Waals surface area contributed by atoms with Crippen molar-refractivity contribution in [3.63, 3.8) is 0 Å². The second kappa shape index (κ2) is 5.53. The number of anilines is 1. The Kier molecular flexibility index (Phi) is 3.77. The molecule has 0 amide bonds. The van der Waals surface area contributed by atoms with Crippen LogP contribution in [0.1, 0.15) is 31.4 Å². The molecule has 1 aliphatic rings. The average Bonchev–Trinajstić information content (AvgIpc) is 3.00. The van der Waals surface area contributed by atoms with Gasteiger partial charge < -0.3 is 5.32 Å². The van der Waals surface area contributed by atoms with Crippen LogP contribution in [0.3, 0.4) is 0 Å². The van der Waals surface area contributed by atoms with Crippen molar-refractivity contribution < 1.29 is 0 Å². The summed E-state index contributed by atoms with van der Waals surface area (Å²) in [6.07, 6.45) is 7.29. The number of nitrogens with one attached hydrogen (secondary N) is 1. The summed E-state index contributed by atoms with van der Waals surface area (Å²) in [5, 5.41) is 3.60. The highest BCUT2D eigenvalue weighted by molar-refractivity contribution is 14.1. The molecule has 0 spiro atoms. The maximum absolute atomic E-state index is 4.63. The van der Waals surface area contributed by atoms with Gasteiger partial charge in [-0.15, -0.1) is 0 Å². The Balaban J connectivity index is 1.92. The van der Waals surface area contributed by atoms with Crippen LogP contribution in [0.15, 0.2) is 30.5 Å². The first-order chi connectivity index (χ1) is 9.22. The number of aryl methyl sites for hydroxylation is 1. The van der Waals surface area contributed by atoms with E-state index in [1.807, 2.05) is 6.92 Å². The second-order valence-electron chi connectivity index (χ2n) is 5.18. The van der Waals surface area contributed by atoms with Gasteiger partial charge in [0.2, 0.25) is 5.95 Å². The van der Waals surface area contributed by atoms with Crippen LogP contribution in [0.2, 0.25) is 0 Å². The SMILES string of the molecule is Cc1cn(-c2cccc(I)c2)c(NC2CCCC2)n1. The fraction of sp³-hybridized carbons (Fsp3) is 0.400. The molecule has 1 N–H and O–H groups in total. The molecular weight excluding hydrogens is 349 g/mol. The van der Waals surface area contributed by atoms with Crippen molar-refractivity contribution in [3.05, 3.63) is 39.7 Å². The Hall–Kier alpha value is -1.04. The maximum Gasteiger partial charge on any atom is 0.207 e. The lowest BCUT2D eigenvalue weighted by Crippen LogP contribution is -2.17. The van der Waals surface area contributed by atoms with E-state index in [0.717, 1.165) is 11.6 Å². The van der Waals surface area contributed by atoms with Gasteiger partial charge in [0, 0.05) is 21.5 Å². The van der Waals surface area contributed by atoms with E-state index in [4.69, 9.17) is 0 Å². The van der Waals surface area contributed by atoms with Gasteiger partial charge in [0.1, 0.15) is 0 Å². The number of halogens is 1. The molecule has 2 aromatic rings. The molecule has 100 valence electrons. The van der Waals surface area contributed by atoms with E-state index in [1.54, 1.807) is 0 Å². The molecular formula is C15H18IN3. The largest absolute Gasteiger partial charge is 0.353 e. The zero-order valence-electron chi connectivity index (χ0n) is 11.1. The van der Waals surface area contributed by atoms with Crippen LogP contribution in [0, 0.1) is 10.5 Å². The van der Waals surface area contributed by atoms with Crippen LogP contribution < -0.4 is 5.32 Å². The highest BCUT2D eigenvalue weighted by Gasteiger charge is 2.17. The van der Waals surface area contributed by atoms with E-state index in [1.165, 1.54) is 34.9 Å². The molecule has 1 aromatic heterocycles. The van der Waals surface area contributed by atoms with E-state index in [9.17, 15) is 0 Å². The summed E-state index contributed by atoms with van der Waals surface area (Å²) < 4.78 is 3.41. The Morgan fingerprint density at radius 1 is 1.32 bits per heavy atom. The van der Waals surface area contributed by atoms with Crippen LogP contribution >= 0.6 is 22.6 Å². The smallest absolute Gasteiger partial charge is 0.207 e. The normalized spacial score (nSPS) is 15.9. The summed E-state index contributed by atoms with van der Waals surface area (Å²) in [4.78, 5) is 4.63. The second-order valence-corrected chi connectivity index (χ2v) is 6.43. The lowest BCUT2D eigenvalue weighted by Gasteiger charge is -2.14. The number of nitrogens with zero attached hydrogens (tertiary/aromatic N) is 2. The Morgan fingerprint density at radius 3 is 2.84 bits per heavy atom. The monoisotopic (exact) mass is 367 g/mol. The van der Waals surface area contributed by atoms with Gasteiger partial charge in [0.15, 0.2) is 0 Å². The molecule has 0 unspecified atom stereocenters. The first-order valence-corrected chi connectivity index (χ1v) is 7.89. The van der Waals surface area contributed by atoms with Gasteiger partial charge in [0.25, 0.3) is 0 Å². The molecule has 19 heavy (non-hydrogen) atoms. The number of imidazole rings is 1. The van der Waals surface area contributed by atoms with Crippen LogP contribution in [-0.2, 0) is 0 Å². The Labute approximate surface area is 127 Å². The predicted molar refractivity (Wildman–Crippen MR) is 86.9 cm³/mol. The molecule has 1 heterocycles. The van der Waals surface area contributed by atoms with E-state index < -0.39 is 0 Å². The highest BCUT2D eigenvalue weighted by atomic mass is 127. The Bertz CT molecular complexity index is 571. The molecule has 3 rings (SSSR count).